The van der Waals surface area contributed by atoms with Crippen LogP contribution in [0.15, 0.2) is 39.9 Å². The number of rotatable bonds is 4. The molecule has 0 saturated carbocycles. The van der Waals surface area contributed by atoms with Crippen molar-refractivity contribution in [2.45, 2.75) is 43.9 Å². The van der Waals surface area contributed by atoms with Crippen LogP contribution >= 0.6 is 11.8 Å². The highest BCUT2D eigenvalue weighted by Crippen LogP contribution is 2.34. The van der Waals surface area contributed by atoms with Crippen molar-refractivity contribution >= 4 is 22.7 Å². The molecule has 0 spiro atoms. The summed E-state index contributed by atoms with van der Waals surface area (Å²) in [6.07, 6.45) is 0. The molecule has 0 aliphatic carbocycles. The molecule has 0 amide bonds. The Kier molecular flexibility index (Phi) is 4.16. The third-order valence-corrected chi connectivity index (χ3v) is 4.52. The van der Waals surface area contributed by atoms with Crippen LogP contribution in [-0.2, 0) is 0 Å². The van der Waals surface area contributed by atoms with Gasteiger partial charge in [0.05, 0.1) is 15.8 Å². The maximum Gasteiger partial charge on any atom is 0.239 e. The number of aryl methyl sites for hydroxylation is 1. The summed E-state index contributed by atoms with van der Waals surface area (Å²) < 4.78 is 5.37. The standard InChI is InChI=1S/C17H19N3OS/c1-10(2)16-19-17(21-20-16)12(4)22-15-9-11(3)13-7-5-6-8-14(13)18-15/h5-10,12H,1-4H3/t12-/m1/s1. The molecule has 1 aromatic carbocycles. The molecule has 0 aliphatic heterocycles. The lowest BCUT2D eigenvalue weighted by Crippen LogP contribution is -1.94. The molecule has 0 aliphatic rings. The number of benzene rings is 1. The highest BCUT2D eigenvalue weighted by Gasteiger charge is 2.18. The van der Waals surface area contributed by atoms with Crippen molar-refractivity contribution in [3.63, 3.8) is 0 Å². The molecule has 3 rings (SSSR count). The number of hydrogen-bond donors (Lipinski definition) is 0. The first-order valence-corrected chi connectivity index (χ1v) is 8.29. The lowest BCUT2D eigenvalue weighted by atomic mass is 10.1. The fourth-order valence-corrected chi connectivity index (χ4v) is 3.21. The molecular weight excluding hydrogens is 294 g/mol. The zero-order chi connectivity index (χ0) is 15.7. The second kappa shape index (κ2) is 6.08. The van der Waals surface area contributed by atoms with Crippen LogP contribution in [0.2, 0.25) is 0 Å². The number of nitrogens with zero attached hydrogens (tertiary/aromatic N) is 3. The Morgan fingerprint density at radius 2 is 1.86 bits per heavy atom. The summed E-state index contributed by atoms with van der Waals surface area (Å²) in [6, 6.07) is 10.3. The van der Waals surface area contributed by atoms with E-state index in [9.17, 15) is 0 Å². The molecule has 0 bridgehead atoms. The average molecular weight is 313 g/mol. The van der Waals surface area contributed by atoms with Crippen LogP contribution in [0.4, 0.5) is 0 Å². The number of thioether (sulfide) groups is 1. The fourth-order valence-electron chi connectivity index (χ4n) is 2.26. The predicted molar refractivity (Wildman–Crippen MR) is 89.1 cm³/mol. The highest BCUT2D eigenvalue weighted by molar-refractivity contribution is 7.99. The van der Waals surface area contributed by atoms with Crippen molar-refractivity contribution in [1.82, 2.24) is 15.1 Å². The van der Waals surface area contributed by atoms with E-state index < -0.39 is 0 Å². The Morgan fingerprint density at radius 3 is 2.59 bits per heavy atom. The van der Waals surface area contributed by atoms with E-state index in [1.807, 2.05) is 18.2 Å². The van der Waals surface area contributed by atoms with E-state index in [4.69, 9.17) is 9.51 Å². The van der Waals surface area contributed by atoms with Crippen molar-refractivity contribution in [3.05, 3.63) is 47.6 Å². The van der Waals surface area contributed by atoms with Crippen LogP contribution in [0.1, 0.15) is 49.2 Å². The van der Waals surface area contributed by atoms with Crippen molar-refractivity contribution in [1.29, 1.82) is 0 Å². The van der Waals surface area contributed by atoms with Crippen molar-refractivity contribution in [3.8, 4) is 0 Å². The molecule has 114 valence electrons. The third-order valence-electron chi connectivity index (χ3n) is 3.52. The highest BCUT2D eigenvalue weighted by atomic mass is 32.2. The van der Waals surface area contributed by atoms with E-state index in [-0.39, 0.29) is 11.2 Å². The average Bonchev–Trinajstić information content (AvgIpc) is 2.97. The van der Waals surface area contributed by atoms with E-state index in [1.54, 1.807) is 11.8 Å². The molecule has 1 atom stereocenters. The quantitative estimate of drug-likeness (QED) is 0.641. The van der Waals surface area contributed by atoms with Gasteiger partial charge < -0.3 is 4.52 Å². The van der Waals surface area contributed by atoms with E-state index >= 15 is 0 Å². The van der Waals surface area contributed by atoms with Crippen molar-refractivity contribution in [2.24, 2.45) is 0 Å². The van der Waals surface area contributed by atoms with Crippen LogP contribution in [0, 0.1) is 6.92 Å². The summed E-state index contributed by atoms with van der Waals surface area (Å²) in [7, 11) is 0. The number of hydrogen-bond acceptors (Lipinski definition) is 5. The molecule has 0 radical (unpaired) electrons. The van der Waals surface area contributed by atoms with Crippen molar-refractivity contribution < 1.29 is 4.52 Å². The number of fused-ring (bicyclic) bond motifs is 1. The zero-order valence-electron chi connectivity index (χ0n) is 13.2. The summed E-state index contributed by atoms with van der Waals surface area (Å²) in [5.74, 6) is 1.68. The maximum atomic E-state index is 5.37. The summed E-state index contributed by atoms with van der Waals surface area (Å²) in [6.45, 7) is 8.29. The zero-order valence-corrected chi connectivity index (χ0v) is 14.0. The molecule has 0 N–H and O–H groups in total. The summed E-state index contributed by atoms with van der Waals surface area (Å²) in [5, 5.41) is 6.28. The Bertz CT molecular complexity index is 797. The Balaban J connectivity index is 1.85. The minimum absolute atomic E-state index is 0.0769. The third kappa shape index (κ3) is 2.99. The van der Waals surface area contributed by atoms with Crippen LogP contribution in [0.5, 0.6) is 0 Å². The van der Waals surface area contributed by atoms with Gasteiger partial charge in [0, 0.05) is 11.3 Å². The van der Waals surface area contributed by atoms with Gasteiger partial charge in [-0.05, 0) is 31.5 Å². The normalized spacial score (nSPS) is 13.0. The van der Waals surface area contributed by atoms with Gasteiger partial charge in [-0.1, -0.05) is 49.0 Å². The van der Waals surface area contributed by atoms with Crippen LogP contribution < -0.4 is 0 Å². The summed E-state index contributed by atoms with van der Waals surface area (Å²) >= 11 is 1.64. The topological polar surface area (TPSA) is 51.8 Å². The smallest absolute Gasteiger partial charge is 0.239 e. The van der Waals surface area contributed by atoms with Gasteiger partial charge in [0.1, 0.15) is 0 Å². The van der Waals surface area contributed by atoms with E-state index in [0.29, 0.717) is 5.89 Å². The lowest BCUT2D eigenvalue weighted by molar-refractivity contribution is 0.373. The molecule has 0 saturated heterocycles. The molecule has 4 nitrogen and oxygen atoms in total. The molecular formula is C17H19N3OS. The predicted octanol–water partition coefficient (Wildman–Crippen LogP) is 4.90. The van der Waals surface area contributed by atoms with Crippen molar-refractivity contribution in [2.75, 3.05) is 0 Å². The van der Waals surface area contributed by atoms with E-state index in [2.05, 4.69) is 50.0 Å². The van der Waals surface area contributed by atoms with Crippen LogP contribution in [0.3, 0.4) is 0 Å². The number of aromatic nitrogens is 3. The van der Waals surface area contributed by atoms with Gasteiger partial charge in [0.15, 0.2) is 5.82 Å². The molecule has 2 heterocycles. The second-order valence-electron chi connectivity index (χ2n) is 5.70. The van der Waals surface area contributed by atoms with Gasteiger partial charge in [-0.2, -0.15) is 4.98 Å². The largest absolute Gasteiger partial charge is 0.338 e. The minimum Gasteiger partial charge on any atom is -0.338 e. The van der Waals surface area contributed by atoms with E-state index in [1.165, 1.54) is 10.9 Å². The maximum absolute atomic E-state index is 5.37. The molecule has 0 unspecified atom stereocenters. The van der Waals surface area contributed by atoms with Crippen LogP contribution in [0.25, 0.3) is 10.9 Å². The monoisotopic (exact) mass is 313 g/mol. The first-order valence-electron chi connectivity index (χ1n) is 7.41. The SMILES string of the molecule is Cc1cc(S[C@H](C)c2nc(C(C)C)no2)nc2ccccc12. The molecule has 0 fully saturated rings. The molecule has 5 heteroatoms. The second-order valence-corrected chi connectivity index (χ2v) is 7.06. The minimum atomic E-state index is 0.0769. The van der Waals surface area contributed by atoms with Gasteiger partial charge in [0.25, 0.3) is 0 Å². The summed E-state index contributed by atoms with van der Waals surface area (Å²) in [5.41, 5.74) is 2.25. The van der Waals surface area contributed by atoms with Gasteiger partial charge >= 0.3 is 0 Å². The fraction of sp³-hybridized carbons (Fsp3) is 0.353. The van der Waals surface area contributed by atoms with Crippen LogP contribution in [-0.4, -0.2) is 15.1 Å². The Morgan fingerprint density at radius 1 is 1.09 bits per heavy atom. The number of para-hydroxylation sites is 1. The first-order chi connectivity index (χ1) is 10.5. The van der Waals surface area contributed by atoms with Gasteiger partial charge in [-0.15, -0.1) is 0 Å². The van der Waals surface area contributed by atoms with Gasteiger partial charge in [-0.25, -0.2) is 4.98 Å². The molecule has 3 aromatic rings. The molecule has 22 heavy (non-hydrogen) atoms. The summed E-state index contributed by atoms with van der Waals surface area (Å²) in [4.78, 5) is 9.18. The Hall–Kier alpha value is -1.88. The molecule has 2 aromatic heterocycles. The van der Waals surface area contributed by atoms with Gasteiger partial charge in [0.2, 0.25) is 5.89 Å². The Labute approximate surface area is 134 Å². The van der Waals surface area contributed by atoms with Gasteiger partial charge in [-0.3, -0.25) is 0 Å². The van der Waals surface area contributed by atoms with E-state index in [0.717, 1.165) is 16.4 Å². The first kappa shape index (κ1) is 15.0. The lowest BCUT2D eigenvalue weighted by Gasteiger charge is -2.08. The number of pyridine rings is 1.